The van der Waals surface area contributed by atoms with E-state index in [4.69, 9.17) is 27.9 Å². The summed E-state index contributed by atoms with van der Waals surface area (Å²) in [6, 6.07) is 9.65. The predicted molar refractivity (Wildman–Crippen MR) is 121 cm³/mol. The van der Waals surface area contributed by atoms with Gasteiger partial charge in [-0.2, -0.15) is 0 Å². The maximum absolute atomic E-state index is 12.9. The molecule has 31 heavy (non-hydrogen) atoms. The zero-order valence-electron chi connectivity index (χ0n) is 16.5. The number of ether oxygens (including phenoxy) is 1. The third-order valence-electron chi connectivity index (χ3n) is 4.95. The number of nitrogens with one attached hydrogen (secondary N) is 2. The lowest BCUT2D eigenvalue weighted by Gasteiger charge is -2.19. The zero-order chi connectivity index (χ0) is 22.3. The van der Waals surface area contributed by atoms with Crippen LogP contribution in [0.15, 0.2) is 36.4 Å². The highest BCUT2D eigenvalue weighted by Gasteiger charge is 2.41. The van der Waals surface area contributed by atoms with Crippen molar-refractivity contribution < 1.29 is 19.1 Å². The number of methoxy groups -OCH3 is 1. The van der Waals surface area contributed by atoms with Gasteiger partial charge in [-0.15, -0.1) is 11.3 Å². The highest BCUT2D eigenvalue weighted by atomic mass is 35.5. The van der Waals surface area contributed by atoms with E-state index in [2.05, 4.69) is 10.9 Å². The smallest absolute Gasteiger partial charge is 0.277 e. The Morgan fingerprint density at radius 1 is 1.23 bits per heavy atom. The highest BCUT2D eigenvalue weighted by Crippen LogP contribution is 2.37. The van der Waals surface area contributed by atoms with Crippen LogP contribution in [0.1, 0.15) is 21.7 Å². The first-order chi connectivity index (χ1) is 14.8. The van der Waals surface area contributed by atoms with Crippen molar-refractivity contribution in [1.82, 2.24) is 10.9 Å². The molecule has 10 heteroatoms. The molecule has 1 unspecified atom stereocenters. The van der Waals surface area contributed by atoms with Crippen LogP contribution in [0.5, 0.6) is 5.75 Å². The van der Waals surface area contributed by atoms with Gasteiger partial charge >= 0.3 is 0 Å². The fourth-order valence-corrected chi connectivity index (χ4v) is 4.92. The molecule has 4 rings (SSSR count). The molecule has 160 valence electrons. The van der Waals surface area contributed by atoms with Crippen LogP contribution in [0.25, 0.3) is 10.1 Å². The van der Waals surface area contributed by atoms with E-state index in [-0.39, 0.29) is 6.42 Å². The fraction of sp³-hybridized carbons (Fsp3) is 0.190. The van der Waals surface area contributed by atoms with Gasteiger partial charge in [0.1, 0.15) is 16.7 Å². The topological polar surface area (TPSA) is 87.7 Å². The number of anilines is 1. The number of rotatable bonds is 5. The Balaban J connectivity index is 1.51. The number of hydrogen-bond donors (Lipinski definition) is 2. The van der Waals surface area contributed by atoms with Gasteiger partial charge in [0.05, 0.1) is 24.2 Å². The Hall–Kier alpha value is -2.65. The van der Waals surface area contributed by atoms with E-state index in [0.717, 1.165) is 15.0 Å². The van der Waals surface area contributed by atoms with Gasteiger partial charge in [0.2, 0.25) is 5.91 Å². The Morgan fingerprint density at radius 2 is 1.97 bits per heavy atom. The molecule has 1 fully saturated rings. The molecular formula is C21H17Cl2N3O4S. The van der Waals surface area contributed by atoms with Crippen molar-refractivity contribution in [1.29, 1.82) is 0 Å². The van der Waals surface area contributed by atoms with Gasteiger partial charge in [0, 0.05) is 21.2 Å². The summed E-state index contributed by atoms with van der Waals surface area (Å²) in [4.78, 5) is 39.5. The predicted octanol–water partition coefficient (Wildman–Crippen LogP) is 4.09. The van der Waals surface area contributed by atoms with Crippen LogP contribution in [-0.2, 0) is 9.59 Å². The van der Waals surface area contributed by atoms with Crippen molar-refractivity contribution in [3.8, 4) is 5.75 Å². The minimum atomic E-state index is -0.926. The second-order valence-corrected chi connectivity index (χ2v) is 8.77. The number of imide groups is 1. The molecule has 7 nitrogen and oxygen atoms in total. The van der Waals surface area contributed by atoms with Crippen molar-refractivity contribution in [2.45, 2.75) is 19.4 Å². The minimum absolute atomic E-state index is 0.121. The summed E-state index contributed by atoms with van der Waals surface area (Å²) in [5.74, 6) is -1.10. The molecule has 1 aliphatic rings. The summed E-state index contributed by atoms with van der Waals surface area (Å²) in [6.45, 7) is 1.76. The average molecular weight is 478 g/mol. The molecule has 0 radical (unpaired) electrons. The van der Waals surface area contributed by atoms with Crippen molar-refractivity contribution in [3.63, 3.8) is 0 Å². The molecule has 0 spiro atoms. The maximum atomic E-state index is 12.9. The number of amides is 3. The zero-order valence-corrected chi connectivity index (χ0v) is 18.8. The molecule has 3 aromatic rings. The first-order valence-corrected chi connectivity index (χ1v) is 10.8. The molecular weight excluding hydrogens is 461 g/mol. The van der Waals surface area contributed by atoms with Crippen LogP contribution in [0, 0.1) is 6.92 Å². The molecule has 0 bridgehead atoms. The Kier molecular flexibility index (Phi) is 5.90. The van der Waals surface area contributed by atoms with Crippen molar-refractivity contribution in [3.05, 3.63) is 56.9 Å². The number of thiophene rings is 1. The SMILES string of the molecule is COc1cc(Cl)c(C)cc1N1C(=O)CC(NNC(=O)c2sc3ccccc3c2Cl)C1=O. The number of halogens is 2. The van der Waals surface area contributed by atoms with Gasteiger partial charge in [-0.05, 0) is 24.6 Å². The average Bonchev–Trinajstić information content (AvgIpc) is 3.24. The van der Waals surface area contributed by atoms with Gasteiger partial charge < -0.3 is 4.74 Å². The van der Waals surface area contributed by atoms with Crippen molar-refractivity contribution >= 4 is 68.0 Å². The lowest BCUT2D eigenvalue weighted by molar-refractivity contribution is -0.121. The molecule has 1 aliphatic heterocycles. The molecule has 0 aliphatic carbocycles. The lowest BCUT2D eigenvalue weighted by atomic mass is 10.2. The van der Waals surface area contributed by atoms with Gasteiger partial charge in [-0.1, -0.05) is 41.4 Å². The van der Waals surface area contributed by atoms with E-state index in [0.29, 0.717) is 31.9 Å². The van der Waals surface area contributed by atoms with E-state index in [1.807, 2.05) is 24.3 Å². The molecule has 1 saturated heterocycles. The van der Waals surface area contributed by atoms with E-state index in [1.165, 1.54) is 18.4 Å². The Morgan fingerprint density at radius 3 is 2.68 bits per heavy atom. The summed E-state index contributed by atoms with van der Waals surface area (Å²) in [5.41, 5.74) is 6.17. The second kappa shape index (κ2) is 8.47. The van der Waals surface area contributed by atoms with Gasteiger partial charge in [-0.25, -0.2) is 10.3 Å². The normalized spacial score (nSPS) is 16.3. The molecule has 3 amide bonds. The highest BCUT2D eigenvalue weighted by molar-refractivity contribution is 7.21. The molecule has 1 aromatic heterocycles. The summed E-state index contributed by atoms with van der Waals surface area (Å²) in [5, 5.41) is 1.58. The maximum Gasteiger partial charge on any atom is 0.277 e. The second-order valence-electron chi connectivity index (χ2n) is 6.94. The molecule has 2 heterocycles. The number of benzene rings is 2. The Bertz CT molecular complexity index is 1230. The molecule has 1 atom stereocenters. The number of carbonyl (C=O) groups is 3. The molecule has 2 N–H and O–H groups in total. The van der Waals surface area contributed by atoms with Crippen LogP contribution in [0.3, 0.4) is 0 Å². The number of hydrazine groups is 1. The third kappa shape index (κ3) is 3.87. The van der Waals surface area contributed by atoms with E-state index < -0.39 is 23.8 Å². The van der Waals surface area contributed by atoms with Crippen LogP contribution < -0.4 is 20.5 Å². The summed E-state index contributed by atoms with van der Waals surface area (Å²) >= 11 is 13.7. The summed E-state index contributed by atoms with van der Waals surface area (Å²) < 4.78 is 6.17. The lowest BCUT2D eigenvalue weighted by Crippen LogP contribution is -2.48. The van der Waals surface area contributed by atoms with E-state index >= 15 is 0 Å². The van der Waals surface area contributed by atoms with Crippen LogP contribution in [0.4, 0.5) is 5.69 Å². The third-order valence-corrected chi connectivity index (χ3v) is 7.03. The van der Waals surface area contributed by atoms with Gasteiger partial charge in [-0.3, -0.25) is 19.8 Å². The minimum Gasteiger partial charge on any atom is -0.495 e. The summed E-state index contributed by atoms with van der Waals surface area (Å²) in [7, 11) is 1.43. The Labute approximate surface area is 191 Å². The molecule has 0 saturated carbocycles. The van der Waals surface area contributed by atoms with Crippen LogP contribution in [-0.4, -0.2) is 30.9 Å². The first-order valence-electron chi connectivity index (χ1n) is 9.25. The van der Waals surface area contributed by atoms with E-state index in [1.54, 1.807) is 19.1 Å². The number of aryl methyl sites for hydroxylation is 1. The first kappa shape index (κ1) is 21.6. The molecule has 2 aromatic carbocycles. The number of carbonyl (C=O) groups excluding carboxylic acids is 3. The number of nitrogens with zero attached hydrogens (tertiary/aromatic N) is 1. The fourth-order valence-electron chi connectivity index (χ4n) is 3.35. The van der Waals surface area contributed by atoms with Crippen molar-refractivity contribution in [2.75, 3.05) is 12.0 Å². The monoisotopic (exact) mass is 477 g/mol. The quantitative estimate of drug-likeness (QED) is 0.426. The van der Waals surface area contributed by atoms with Crippen LogP contribution >= 0.6 is 34.5 Å². The standard InChI is InChI=1S/C21H17Cl2N3O4S/c1-10-7-14(15(30-2)8-12(10)22)26-17(27)9-13(21(26)29)24-25-20(28)19-18(23)11-5-3-4-6-16(11)31-19/h3-8,13,24H,9H2,1-2H3,(H,25,28). The largest absolute Gasteiger partial charge is 0.495 e. The van der Waals surface area contributed by atoms with Crippen LogP contribution in [0.2, 0.25) is 10.0 Å². The van der Waals surface area contributed by atoms with E-state index in [9.17, 15) is 14.4 Å². The number of fused-ring (bicyclic) bond motifs is 1. The number of hydrogen-bond acceptors (Lipinski definition) is 6. The van der Waals surface area contributed by atoms with Crippen molar-refractivity contribution in [2.24, 2.45) is 0 Å². The van der Waals surface area contributed by atoms with Gasteiger partial charge in [0.15, 0.2) is 0 Å². The van der Waals surface area contributed by atoms with Gasteiger partial charge in [0.25, 0.3) is 11.8 Å². The summed E-state index contributed by atoms with van der Waals surface area (Å²) in [6.07, 6.45) is -0.121.